The van der Waals surface area contributed by atoms with Gasteiger partial charge in [0.15, 0.2) is 6.04 Å². The molecule has 166 valence electrons. The van der Waals surface area contributed by atoms with Crippen LogP contribution in [0.1, 0.15) is 29.5 Å². The monoisotopic (exact) mass is 437 g/mol. The van der Waals surface area contributed by atoms with Crippen molar-refractivity contribution in [1.29, 1.82) is 0 Å². The molecule has 1 saturated heterocycles. The van der Waals surface area contributed by atoms with Gasteiger partial charge in [-0.25, -0.2) is 4.79 Å². The first-order valence-electron chi connectivity index (χ1n) is 11.5. The predicted molar refractivity (Wildman–Crippen MR) is 129 cm³/mol. The Bertz CT molecular complexity index is 1070. The smallest absolute Gasteiger partial charge is 0.331 e. The number of benzene rings is 3. The fraction of sp³-hybridized carbons (Fsp3) is 0.241. The molecule has 0 aliphatic carbocycles. The topological polar surface area (TPSA) is 47.9 Å². The highest BCUT2D eigenvalue weighted by molar-refractivity contribution is 6.13. The van der Waals surface area contributed by atoms with Crippen molar-refractivity contribution in [3.63, 3.8) is 0 Å². The molecule has 33 heavy (non-hydrogen) atoms. The molecule has 2 heterocycles. The Morgan fingerprint density at radius 3 is 1.88 bits per heavy atom. The predicted octanol–water partition coefficient (Wildman–Crippen LogP) is 5.37. The second kappa shape index (κ2) is 9.97. The Balaban J connectivity index is 1.49. The fourth-order valence-electron chi connectivity index (χ4n) is 4.59. The molecule has 0 aromatic heterocycles. The number of nitrogens with zero attached hydrogens (tertiary/aromatic N) is 1. The minimum absolute atomic E-state index is 0.0465. The van der Waals surface area contributed by atoms with Gasteiger partial charge in [0.05, 0.1) is 17.9 Å². The zero-order chi connectivity index (χ0) is 22.5. The van der Waals surface area contributed by atoms with Crippen LogP contribution in [0, 0.1) is 5.92 Å². The SMILES string of the molecule is O=C(OCc1ccccc1)C(N=C(c1ccccc1)c1ccccc1)C1CC2C=CC(C1)O2. The average molecular weight is 438 g/mol. The van der Waals surface area contributed by atoms with E-state index in [1.54, 1.807) is 0 Å². The standard InChI is InChI=1S/C29H27NO3/c31-29(32-20-21-10-4-1-5-11-21)28(24-18-25-16-17-26(19-24)33-25)30-27(22-12-6-2-7-13-22)23-14-8-3-9-15-23/h1-17,24-26,28H,18-20H2. The van der Waals surface area contributed by atoms with Crippen LogP contribution >= 0.6 is 0 Å². The number of aliphatic imine (C=N–C) groups is 1. The third-order valence-electron chi connectivity index (χ3n) is 6.23. The number of carbonyl (C=O) groups excluding carboxylic acids is 1. The first-order chi connectivity index (χ1) is 16.3. The van der Waals surface area contributed by atoms with Gasteiger partial charge in [-0.2, -0.15) is 0 Å². The number of carbonyl (C=O) groups is 1. The highest BCUT2D eigenvalue weighted by Crippen LogP contribution is 2.35. The maximum Gasteiger partial charge on any atom is 0.331 e. The highest BCUT2D eigenvalue weighted by atomic mass is 16.5. The summed E-state index contributed by atoms with van der Waals surface area (Å²) in [6, 6.07) is 29.3. The molecule has 4 heteroatoms. The average Bonchev–Trinajstić information content (AvgIpc) is 3.22. The van der Waals surface area contributed by atoms with E-state index in [2.05, 4.69) is 12.2 Å². The molecule has 2 bridgehead atoms. The van der Waals surface area contributed by atoms with Crippen LogP contribution in [0.3, 0.4) is 0 Å². The lowest BCUT2D eigenvalue weighted by atomic mass is 9.87. The minimum Gasteiger partial charge on any atom is -0.459 e. The minimum atomic E-state index is -0.599. The molecule has 2 aliphatic rings. The van der Waals surface area contributed by atoms with E-state index in [0.717, 1.165) is 35.2 Å². The van der Waals surface area contributed by atoms with E-state index in [4.69, 9.17) is 14.5 Å². The molecule has 0 amide bonds. The van der Waals surface area contributed by atoms with Gasteiger partial charge >= 0.3 is 5.97 Å². The Morgan fingerprint density at radius 2 is 1.33 bits per heavy atom. The first-order valence-corrected chi connectivity index (χ1v) is 11.5. The zero-order valence-corrected chi connectivity index (χ0v) is 18.4. The van der Waals surface area contributed by atoms with Crippen LogP contribution in [-0.2, 0) is 20.9 Å². The van der Waals surface area contributed by atoms with E-state index >= 15 is 0 Å². The Hall–Kier alpha value is -3.50. The number of fused-ring (bicyclic) bond motifs is 2. The summed E-state index contributed by atoms with van der Waals surface area (Å²) < 4.78 is 11.7. The van der Waals surface area contributed by atoms with Gasteiger partial charge in [0, 0.05) is 11.1 Å². The molecule has 3 atom stereocenters. The van der Waals surface area contributed by atoms with Gasteiger partial charge in [-0.15, -0.1) is 0 Å². The molecule has 4 nitrogen and oxygen atoms in total. The van der Waals surface area contributed by atoms with Gasteiger partial charge in [0.1, 0.15) is 6.61 Å². The van der Waals surface area contributed by atoms with Crippen LogP contribution in [0.5, 0.6) is 0 Å². The molecular formula is C29H27NO3. The molecule has 0 radical (unpaired) electrons. The molecule has 0 saturated carbocycles. The first kappa shape index (κ1) is 21.4. The summed E-state index contributed by atoms with van der Waals surface area (Å²) in [6.45, 7) is 0.242. The van der Waals surface area contributed by atoms with Gasteiger partial charge in [-0.05, 0) is 24.3 Å². The third kappa shape index (κ3) is 5.12. The summed E-state index contributed by atoms with van der Waals surface area (Å²) in [4.78, 5) is 18.6. The lowest BCUT2D eigenvalue weighted by Gasteiger charge is -2.32. The molecule has 1 fully saturated rings. The Morgan fingerprint density at radius 1 is 0.818 bits per heavy atom. The van der Waals surface area contributed by atoms with Crippen LogP contribution in [0.25, 0.3) is 0 Å². The van der Waals surface area contributed by atoms with E-state index in [9.17, 15) is 4.79 Å². The highest BCUT2D eigenvalue weighted by Gasteiger charge is 2.39. The molecule has 3 unspecified atom stereocenters. The molecule has 0 N–H and O–H groups in total. The van der Waals surface area contributed by atoms with Crippen molar-refractivity contribution >= 4 is 11.7 Å². The van der Waals surface area contributed by atoms with Crippen molar-refractivity contribution < 1.29 is 14.3 Å². The van der Waals surface area contributed by atoms with Gasteiger partial charge < -0.3 is 9.47 Å². The summed E-state index contributed by atoms with van der Waals surface area (Å²) in [5.74, 6) is -0.232. The van der Waals surface area contributed by atoms with Crippen molar-refractivity contribution in [3.8, 4) is 0 Å². The summed E-state index contributed by atoms with van der Waals surface area (Å²) in [7, 11) is 0. The summed E-state index contributed by atoms with van der Waals surface area (Å²) in [5.41, 5.74) is 3.74. The molecule has 0 spiro atoms. The van der Waals surface area contributed by atoms with Crippen molar-refractivity contribution in [2.75, 3.05) is 0 Å². The van der Waals surface area contributed by atoms with Crippen LogP contribution in [-0.4, -0.2) is 29.9 Å². The van der Waals surface area contributed by atoms with Crippen molar-refractivity contribution in [3.05, 3.63) is 120 Å². The lowest BCUT2D eigenvalue weighted by Crippen LogP contribution is -2.38. The number of rotatable bonds is 7. The van der Waals surface area contributed by atoms with Crippen molar-refractivity contribution in [2.24, 2.45) is 10.9 Å². The van der Waals surface area contributed by atoms with Crippen molar-refractivity contribution in [1.82, 2.24) is 0 Å². The van der Waals surface area contributed by atoms with E-state index < -0.39 is 6.04 Å². The molecule has 3 aromatic carbocycles. The molecule has 5 rings (SSSR count). The van der Waals surface area contributed by atoms with E-state index in [-0.39, 0.29) is 30.7 Å². The largest absolute Gasteiger partial charge is 0.459 e. The van der Waals surface area contributed by atoms with E-state index in [0.29, 0.717) is 0 Å². The van der Waals surface area contributed by atoms with Crippen LogP contribution in [0.4, 0.5) is 0 Å². The maximum atomic E-state index is 13.5. The lowest BCUT2D eigenvalue weighted by molar-refractivity contribution is -0.149. The zero-order valence-electron chi connectivity index (χ0n) is 18.4. The summed E-state index contributed by atoms with van der Waals surface area (Å²) >= 11 is 0. The quantitative estimate of drug-likeness (QED) is 0.284. The Labute approximate surface area is 194 Å². The molecule has 2 aliphatic heterocycles. The summed E-state index contributed by atoms with van der Waals surface area (Å²) in [6.07, 6.45) is 5.83. The second-order valence-corrected chi connectivity index (χ2v) is 8.58. The van der Waals surface area contributed by atoms with Gasteiger partial charge in [0.2, 0.25) is 0 Å². The molecular weight excluding hydrogens is 410 g/mol. The van der Waals surface area contributed by atoms with E-state index in [1.165, 1.54) is 0 Å². The normalized spacial score (nSPS) is 21.9. The Kier molecular flexibility index (Phi) is 6.45. The van der Waals surface area contributed by atoms with Gasteiger partial charge in [-0.3, -0.25) is 4.99 Å². The second-order valence-electron chi connectivity index (χ2n) is 8.58. The van der Waals surface area contributed by atoms with Crippen LogP contribution in [0.15, 0.2) is 108 Å². The number of hydrogen-bond acceptors (Lipinski definition) is 4. The number of hydrogen-bond donors (Lipinski definition) is 0. The molecule has 3 aromatic rings. The van der Waals surface area contributed by atoms with Crippen molar-refractivity contribution in [2.45, 2.75) is 37.7 Å². The van der Waals surface area contributed by atoms with E-state index in [1.807, 2.05) is 91.0 Å². The fourth-order valence-corrected chi connectivity index (χ4v) is 4.59. The maximum absolute atomic E-state index is 13.5. The van der Waals surface area contributed by atoms with Crippen LogP contribution in [0.2, 0.25) is 0 Å². The number of ether oxygens (including phenoxy) is 2. The van der Waals surface area contributed by atoms with Gasteiger partial charge in [0.25, 0.3) is 0 Å². The third-order valence-corrected chi connectivity index (χ3v) is 6.23. The number of esters is 1. The van der Waals surface area contributed by atoms with Crippen LogP contribution < -0.4 is 0 Å². The van der Waals surface area contributed by atoms with Gasteiger partial charge in [-0.1, -0.05) is 103 Å². The summed E-state index contributed by atoms with van der Waals surface area (Å²) in [5, 5.41) is 0.